The molecule has 0 aliphatic rings. The van der Waals surface area contributed by atoms with Crippen LogP contribution in [0.5, 0.6) is 0 Å². The number of halogens is 8. The molecule has 0 N–H and O–H groups in total. The van der Waals surface area contributed by atoms with Gasteiger partial charge in [0.1, 0.15) is 0 Å². The Hall–Kier alpha value is -0.540. The quantitative estimate of drug-likeness (QED) is 0.481. The Morgan fingerprint density at radius 1 is 1.05 bits per heavy atom. The van der Waals surface area contributed by atoms with Gasteiger partial charge >= 0.3 is 12.4 Å². The van der Waals surface area contributed by atoms with Crippen molar-refractivity contribution in [3.63, 3.8) is 0 Å². The van der Waals surface area contributed by atoms with Gasteiger partial charge in [0.25, 0.3) is 0 Å². The molecule has 1 radical (unpaired) electrons. The van der Waals surface area contributed by atoms with Crippen LogP contribution >= 0.6 is 22.6 Å². The first-order chi connectivity index (χ1) is 8.35. The summed E-state index contributed by atoms with van der Waals surface area (Å²) in [6.07, 6.45) is -13.5. The highest BCUT2D eigenvalue weighted by Crippen LogP contribution is 2.49. The van der Waals surface area contributed by atoms with Gasteiger partial charge in [0.05, 0.1) is 6.42 Å². The van der Waals surface area contributed by atoms with E-state index >= 15 is 0 Å². The first-order valence-corrected chi connectivity index (χ1v) is 5.95. The fourth-order valence-corrected chi connectivity index (χ4v) is 2.30. The maximum absolute atomic E-state index is 14.0. The molecule has 0 saturated carbocycles. The van der Waals surface area contributed by atoms with Gasteiger partial charge in [-0.15, -0.1) is 0 Å². The van der Waals surface area contributed by atoms with Crippen molar-refractivity contribution in [2.45, 2.75) is 31.4 Å². The zero-order valence-electron chi connectivity index (χ0n) is 9.39. The van der Waals surface area contributed by atoms with Gasteiger partial charge in [0.15, 0.2) is 0 Å². The Bertz CT molecular complexity index is 443. The molecule has 0 aliphatic heterocycles. The van der Waals surface area contributed by atoms with Gasteiger partial charge in [-0.05, 0) is 52.8 Å². The summed E-state index contributed by atoms with van der Waals surface area (Å²) < 4.78 is 88.9. The van der Waals surface area contributed by atoms with Gasteiger partial charge in [0, 0.05) is 3.57 Å². The molecule has 0 spiro atoms. The number of rotatable bonds is 2. The van der Waals surface area contributed by atoms with Crippen LogP contribution in [0.2, 0.25) is 0 Å². The second kappa shape index (κ2) is 5.10. The van der Waals surface area contributed by atoms with Crippen molar-refractivity contribution in [1.29, 1.82) is 0 Å². The third-order valence-corrected chi connectivity index (χ3v) is 2.90. The molecule has 0 fully saturated rings. The monoisotopic (exact) mass is 399 g/mol. The molecule has 0 nitrogen and oxygen atoms in total. The van der Waals surface area contributed by atoms with E-state index in [1.54, 1.807) is 22.6 Å². The SMILES string of the molecule is Cc1[c]c(I)cc(C(F)(CC(F)(F)F)C(F)(F)F)c1. The average Bonchev–Trinajstić information content (AvgIpc) is 2.11. The van der Waals surface area contributed by atoms with Gasteiger partial charge in [0.2, 0.25) is 5.67 Å². The van der Waals surface area contributed by atoms with Gasteiger partial charge in [-0.25, -0.2) is 4.39 Å². The molecule has 107 valence electrons. The van der Waals surface area contributed by atoms with Gasteiger partial charge in [-0.1, -0.05) is 6.07 Å². The van der Waals surface area contributed by atoms with Gasteiger partial charge in [-0.3, -0.25) is 0 Å². The molecule has 0 amide bonds. The average molecular weight is 399 g/mol. The number of benzene rings is 1. The van der Waals surface area contributed by atoms with E-state index < -0.39 is 30.0 Å². The largest absolute Gasteiger partial charge is 0.427 e. The van der Waals surface area contributed by atoms with Crippen LogP contribution < -0.4 is 0 Å². The molecule has 0 aromatic heterocycles. The van der Waals surface area contributed by atoms with E-state index in [9.17, 15) is 30.7 Å². The molecule has 1 aromatic carbocycles. The van der Waals surface area contributed by atoms with E-state index in [0.717, 1.165) is 6.07 Å². The zero-order chi connectivity index (χ0) is 15.1. The normalized spacial score (nSPS) is 16.3. The maximum Gasteiger partial charge on any atom is 0.427 e. The van der Waals surface area contributed by atoms with Gasteiger partial charge < -0.3 is 0 Å². The second-order valence-electron chi connectivity index (χ2n) is 3.99. The zero-order valence-corrected chi connectivity index (χ0v) is 11.5. The minimum Gasteiger partial charge on any atom is -0.228 e. The smallest absolute Gasteiger partial charge is 0.228 e. The lowest BCUT2D eigenvalue weighted by molar-refractivity contribution is -0.273. The molecule has 0 bridgehead atoms. The molecule has 1 unspecified atom stereocenters. The highest BCUT2D eigenvalue weighted by Gasteiger charge is 2.62. The molecular formula is C11H7F7I. The third-order valence-electron chi connectivity index (χ3n) is 2.32. The van der Waals surface area contributed by atoms with Crippen molar-refractivity contribution in [3.8, 4) is 0 Å². The minimum atomic E-state index is -5.65. The Morgan fingerprint density at radius 2 is 1.58 bits per heavy atom. The van der Waals surface area contributed by atoms with Crippen LogP contribution in [0.25, 0.3) is 0 Å². The minimum absolute atomic E-state index is 0.112. The third kappa shape index (κ3) is 3.96. The molecule has 1 aromatic rings. The lowest BCUT2D eigenvalue weighted by Gasteiger charge is -2.29. The molecule has 19 heavy (non-hydrogen) atoms. The molecule has 0 aliphatic carbocycles. The van der Waals surface area contributed by atoms with Crippen LogP contribution in [0.3, 0.4) is 0 Å². The summed E-state index contributed by atoms with van der Waals surface area (Å²) in [6, 6.07) is 4.01. The van der Waals surface area contributed by atoms with Crippen molar-refractivity contribution in [3.05, 3.63) is 32.9 Å². The van der Waals surface area contributed by atoms with Crippen molar-refractivity contribution in [2.24, 2.45) is 0 Å². The Labute approximate surface area is 118 Å². The summed E-state index contributed by atoms with van der Waals surface area (Å²) in [5.74, 6) is 0. The first-order valence-electron chi connectivity index (χ1n) is 4.87. The first kappa shape index (κ1) is 16.5. The Balaban J connectivity index is 3.40. The summed E-state index contributed by atoms with van der Waals surface area (Å²) >= 11 is 1.57. The van der Waals surface area contributed by atoms with E-state index in [1.807, 2.05) is 0 Å². The lowest BCUT2D eigenvalue weighted by atomic mass is 9.90. The van der Waals surface area contributed by atoms with Crippen molar-refractivity contribution < 1.29 is 30.7 Å². The number of aryl methyl sites for hydroxylation is 1. The number of alkyl halides is 7. The topological polar surface area (TPSA) is 0 Å². The van der Waals surface area contributed by atoms with Crippen LogP contribution in [0, 0.1) is 16.6 Å². The molecule has 8 heteroatoms. The highest BCUT2D eigenvalue weighted by atomic mass is 127. The maximum atomic E-state index is 14.0. The Morgan fingerprint density at radius 3 is 1.95 bits per heavy atom. The van der Waals surface area contributed by atoms with Crippen molar-refractivity contribution in [1.82, 2.24) is 0 Å². The second-order valence-corrected chi connectivity index (χ2v) is 5.15. The van der Waals surface area contributed by atoms with E-state index in [-0.39, 0.29) is 9.13 Å². The van der Waals surface area contributed by atoms with Crippen LogP contribution in [0.4, 0.5) is 30.7 Å². The van der Waals surface area contributed by atoms with Crippen LogP contribution in [0.1, 0.15) is 17.5 Å². The summed E-state index contributed by atoms with van der Waals surface area (Å²) in [7, 11) is 0. The summed E-state index contributed by atoms with van der Waals surface area (Å²) in [6.45, 7) is 1.33. The highest BCUT2D eigenvalue weighted by molar-refractivity contribution is 14.1. The molecular weight excluding hydrogens is 392 g/mol. The number of hydrogen-bond donors (Lipinski definition) is 0. The fourth-order valence-electron chi connectivity index (χ4n) is 1.54. The summed E-state index contributed by atoms with van der Waals surface area (Å²) in [5.41, 5.74) is -5.38. The molecule has 1 rings (SSSR count). The van der Waals surface area contributed by atoms with E-state index in [0.29, 0.717) is 6.07 Å². The van der Waals surface area contributed by atoms with Gasteiger partial charge in [-0.2, -0.15) is 26.3 Å². The van der Waals surface area contributed by atoms with Crippen molar-refractivity contribution in [2.75, 3.05) is 0 Å². The Kier molecular flexibility index (Phi) is 4.43. The van der Waals surface area contributed by atoms with E-state index in [1.165, 1.54) is 6.92 Å². The molecule has 0 saturated heterocycles. The summed E-state index contributed by atoms with van der Waals surface area (Å²) in [5, 5.41) is 0. The van der Waals surface area contributed by atoms with Crippen LogP contribution in [-0.4, -0.2) is 12.4 Å². The summed E-state index contributed by atoms with van der Waals surface area (Å²) in [4.78, 5) is 0. The molecule has 0 heterocycles. The standard InChI is InChI=1S/C11H7F7I/c1-6-2-7(4-8(19)3-6)9(12,11(16,17)18)5-10(13,14)15/h2,4H,5H2,1H3. The predicted octanol–water partition coefficient (Wildman–Crippen LogP) is 5.08. The van der Waals surface area contributed by atoms with Crippen LogP contribution in [0.15, 0.2) is 12.1 Å². The molecule has 1 atom stereocenters. The van der Waals surface area contributed by atoms with E-state index in [4.69, 9.17) is 0 Å². The fraction of sp³-hybridized carbons (Fsp3) is 0.455. The predicted molar refractivity (Wildman–Crippen MR) is 62.2 cm³/mol. The van der Waals surface area contributed by atoms with E-state index in [2.05, 4.69) is 6.07 Å². The van der Waals surface area contributed by atoms with Crippen molar-refractivity contribution >= 4 is 22.6 Å². The number of hydrogen-bond acceptors (Lipinski definition) is 0. The lowest BCUT2D eigenvalue weighted by Crippen LogP contribution is -2.42. The van der Waals surface area contributed by atoms with Crippen LogP contribution in [-0.2, 0) is 5.67 Å².